The van der Waals surface area contributed by atoms with Crippen molar-refractivity contribution in [1.29, 1.82) is 0 Å². The predicted octanol–water partition coefficient (Wildman–Crippen LogP) is 1.88. The van der Waals surface area contributed by atoms with Crippen LogP contribution < -0.4 is 15.0 Å². The van der Waals surface area contributed by atoms with Gasteiger partial charge in [0.15, 0.2) is 0 Å². The molecule has 0 aliphatic rings. The van der Waals surface area contributed by atoms with Crippen molar-refractivity contribution in [3.05, 3.63) is 59.7 Å². The zero-order valence-corrected chi connectivity index (χ0v) is 15.7. The molecule has 2 aromatic rings. The summed E-state index contributed by atoms with van der Waals surface area (Å²) < 4.78 is 54.0. The van der Waals surface area contributed by atoms with E-state index in [4.69, 9.17) is 4.74 Å². The van der Waals surface area contributed by atoms with Crippen molar-refractivity contribution in [1.82, 2.24) is 10.3 Å². The normalized spacial score (nSPS) is 13.4. The van der Waals surface area contributed by atoms with Crippen molar-refractivity contribution in [2.24, 2.45) is 0 Å². The summed E-state index contributed by atoms with van der Waals surface area (Å²) in [5, 5.41) is 0. The second kappa shape index (κ2) is 7.52. The third-order valence-corrected chi connectivity index (χ3v) is 7.97. The van der Waals surface area contributed by atoms with Crippen LogP contribution in [0.25, 0.3) is 0 Å². The van der Waals surface area contributed by atoms with Crippen molar-refractivity contribution in [3.8, 4) is 5.75 Å². The molecule has 0 heterocycles. The van der Waals surface area contributed by atoms with Crippen LogP contribution in [0, 0.1) is 6.92 Å². The Morgan fingerprint density at radius 2 is 1.48 bits per heavy atom. The van der Waals surface area contributed by atoms with Crippen LogP contribution in [0.2, 0.25) is 0 Å². The third kappa shape index (κ3) is 4.37. The lowest BCUT2D eigenvalue weighted by Crippen LogP contribution is -2.42. The molecule has 0 saturated carbocycles. The van der Waals surface area contributed by atoms with Gasteiger partial charge in [0.25, 0.3) is 8.87 Å². The highest BCUT2D eigenvalue weighted by Crippen LogP contribution is 2.19. The summed E-state index contributed by atoms with van der Waals surface area (Å²) >= 11 is 0. The number of nitrogens with one attached hydrogen (secondary N) is 2. The van der Waals surface area contributed by atoms with E-state index in [1.54, 1.807) is 45.2 Å². The lowest BCUT2D eigenvalue weighted by molar-refractivity contribution is 0.414. The fourth-order valence-electron chi connectivity index (χ4n) is 2.02. The summed E-state index contributed by atoms with van der Waals surface area (Å²) in [5.41, 5.74) is 4.10. The Balaban J connectivity index is 2.13. The monoisotopic (exact) mass is 384 g/mol. The summed E-state index contributed by atoms with van der Waals surface area (Å²) in [4.78, 5) is 1.65. The molecule has 136 valence electrons. The van der Waals surface area contributed by atoms with Crippen LogP contribution in [0.1, 0.15) is 24.1 Å². The highest BCUT2D eigenvalue weighted by molar-refractivity contribution is 8.66. The Morgan fingerprint density at radius 1 is 0.920 bits per heavy atom. The minimum Gasteiger partial charge on any atom is -0.497 e. The molecular weight excluding hydrogens is 364 g/mol. The second-order valence-corrected chi connectivity index (χ2v) is 10.6. The van der Waals surface area contributed by atoms with E-state index >= 15 is 0 Å². The fourth-order valence-corrected chi connectivity index (χ4v) is 4.74. The van der Waals surface area contributed by atoms with Crippen LogP contribution in [-0.4, -0.2) is 23.9 Å². The molecule has 0 aliphatic carbocycles. The molecule has 0 radical (unpaired) electrons. The smallest absolute Gasteiger partial charge is 0.334 e. The summed E-state index contributed by atoms with van der Waals surface area (Å²) in [6.45, 7) is 3.48. The molecule has 0 amide bonds. The molecule has 2 rings (SSSR count). The lowest BCUT2D eigenvalue weighted by Gasteiger charge is -2.16. The van der Waals surface area contributed by atoms with Gasteiger partial charge in [0.05, 0.1) is 12.0 Å². The standard InChI is InChI=1S/C16H20N2O5S2/c1-12-4-10-16(11-5-12)24(19,20)25(21,22)18-17-13(2)14-6-8-15(23-3)9-7-14/h4-11,13,17-18H,1-3H3. The van der Waals surface area contributed by atoms with E-state index in [9.17, 15) is 16.8 Å². The maximum Gasteiger partial charge on any atom is 0.334 e. The van der Waals surface area contributed by atoms with Crippen LogP contribution in [-0.2, 0) is 17.9 Å². The molecule has 9 heteroatoms. The Hall–Kier alpha value is -1.94. The van der Waals surface area contributed by atoms with E-state index in [0.29, 0.717) is 5.75 Å². The first-order chi connectivity index (χ1) is 11.7. The molecule has 2 N–H and O–H groups in total. The Labute approximate surface area is 147 Å². The second-order valence-electron chi connectivity index (χ2n) is 5.46. The first kappa shape index (κ1) is 19.4. The number of hydrogen-bond acceptors (Lipinski definition) is 6. The maximum absolute atomic E-state index is 12.3. The number of rotatable bonds is 7. The summed E-state index contributed by atoms with van der Waals surface area (Å²) in [5.74, 6) is 0.665. The van der Waals surface area contributed by atoms with Gasteiger partial charge in [-0.15, -0.1) is 4.83 Å². The minimum absolute atomic E-state index is 0.287. The molecule has 0 aliphatic heterocycles. The van der Waals surface area contributed by atoms with Crippen molar-refractivity contribution < 1.29 is 21.6 Å². The molecule has 0 aromatic heterocycles. The van der Waals surface area contributed by atoms with E-state index in [2.05, 4.69) is 5.43 Å². The van der Waals surface area contributed by atoms with Crippen LogP contribution in [0.5, 0.6) is 5.75 Å². The van der Waals surface area contributed by atoms with Gasteiger partial charge in [-0.05, 0) is 43.7 Å². The Morgan fingerprint density at radius 3 is 2.00 bits per heavy atom. The van der Waals surface area contributed by atoms with Gasteiger partial charge >= 0.3 is 9.06 Å². The van der Waals surface area contributed by atoms with Gasteiger partial charge in [-0.1, -0.05) is 29.8 Å². The molecule has 2 aromatic carbocycles. The van der Waals surface area contributed by atoms with Gasteiger partial charge in [-0.3, -0.25) is 0 Å². The van der Waals surface area contributed by atoms with E-state index in [-0.39, 0.29) is 4.90 Å². The fraction of sp³-hybridized carbons (Fsp3) is 0.250. The number of hydrogen-bond donors (Lipinski definition) is 2. The van der Waals surface area contributed by atoms with E-state index in [0.717, 1.165) is 11.1 Å². The molecule has 25 heavy (non-hydrogen) atoms. The van der Waals surface area contributed by atoms with Crippen molar-refractivity contribution in [3.63, 3.8) is 0 Å². The number of benzene rings is 2. The van der Waals surface area contributed by atoms with Gasteiger partial charge in [-0.2, -0.15) is 8.42 Å². The van der Waals surface area contributed by atoms with Crippen molar-refractivity contribution in [2.75, 3.05) is 7.11 Å². The quantitative estimate of drug-likeness (QED) is 0.558. The summed E-state index contributed by atoms with van der Waals surface area (Å²) in [7, 11) is -7.68. The number of methoxy groups -OCH3 is 1. The maximum atomic E-state index is 12.3. The van der Waals surface area contributed by atoms with Gasteiger partial charge in [0.2, 0.25) is 0 Å². The SMILES string of the molecule is COc1ccc(C(C)NNS(=O)(=O)S(=O)(=O)c2ccc(C)cc2)cc1. The van der Waals surface area contributed by atoms with E-state index in [1.165, 1.54) is 24.3 Å². The van der Waals surface area contributed by atoms with E-state index < -0.39 is 24.0 Å². The van der Waals surface area contributed by atoms with Crippen LogP contribution >= 0.6 is 0 Å². The molecule has 1 unspecified atom stereocenters. The van der Waals surface area contributed by atoms with E-state index in [1.807, 2.05) is 4.83 Å². The number of aryl methyl sites for hydroxylation is 1. The average molecular weight is 384 g/mol. The first-order valence-electron chi connectivity index (χ1n) is 7.40. The first-order valence-corrected chi connectivity index (χ1v) is 10.9. The van der Waals surface area contributed by atoms with Crippen LogP contribution in [0.15, 0.2) is 53.4 Å². The average Bonchev–Trinajstić information content (AvgIpc) is 2.60. The highest BCUT2D eigenvalue weighted by Gasteiger charge is 2.32. The van der Waals surface area contributed by atoms with Gasteiger partial charge in [0.1, 0.15) is 5.75 Å². The zero-order chi connectivity index (χ0) is 18.7. The van der Waals surface area contributed by atoms with Crippen LogP contribution in [0.3, 0.4) is 0 Å². The predicted molar refractivity (Wildman–Crippen MR) is 95.0 cm³/mol. The van der Waals surface area contributed by atoms with Crippen molar-refractivity contribution >= 4 is 17.9 Å². The third-order valence-electron chi connectivity index (χ3n) is 3.61. The van der Waals surface area contributed by atoms with Gasteiger partial charge in [0, 0.05) is 6.04 Å². The van der Waals surface area contributed by atoms with Crippen molar-refractivity contribution in [2.45, 2.75) is 24.8 Å². The van der Waals surface area contributed by atoms with Crippen LogP contribution in [0.4, 0.5) is 0 Å². The lowest BCUT2D eigenvalue weighted by atomic mass is 10.1. The minimum atomic E-state index is -4.66. The molecule has 1 atom stereocenters. The highest BCUT2D eigenvalue weighted by atomic mass is 33.2. The molecule has 0 saturated heterocycles. The number of ether oxygens (including phenoxy) is 1. The Kier molecular flexibility index (Phi) is 5.83. The molecule has 0 spiro atoms. The summed E-state index contributed by atoms with van der Waals surface area (Å²) in [6.07, 6.45) is 0. The van der Waals surface area contributed by atoms with Gasteiger partial charge in [-0.25, -0.2) is 13.8 Å². The van der Waals surface area contributed by atoms with Gasteiger partial charge < -0.3 is 4.74 Å². The largest absolute Gasteiger partial charge is 0.497 e. The molecular formula is C16H20N2O5S2. The Bertz CT molecular complexity index is 921. The molecule has 0 fully saturated rings. The summed E-state index contributed by atoms with van der Waals surface area (Å²) in [6, 6.07) is 12.1. The molecule has 7 nitrogen and oxygen atoms in total. The molecule has 0 bridgehead atoms. The zero-order valence-electron chi connectivity index (χ0n) is 14.1. The topological polar surface area (TPSA) is 102 Å². The number of hydrazine groups is 1.